The SMILES string of the molecule is COc1ccc(OC)c2c1C[C@@H](CCO)O[C@H]2[C@]1(O)C[C@H](NC(=O)C(F)(F)F)[C@](O)(C(=O)c2ccc([N+](=O)[O-])cc2)[C@@H](C)O1. The maximum absolute atomic E-state index is 13.7. The second-order valence-corrected chi connectivity index (χ2v) is 10.5. The summed E-state index contributed by atoms with van der Waals surface area (Å²) < 4.78 is 63.3. The first kappa shape index (κ1) is 33.1. The molecule has 44 heavy (non-hydrogen) atoms. The van der Waals surface area contributed by atoms with E-state index in [2.05, 4.69) is 0 Å². The number of nitro benzene ring substituents is 1. The van der Waals surface area contributed by atoms with Gasteiger partial charge in [-0.25, -0.2) is 0 Å². The summed E-state index contributed by atoms with van der Waals surface area (Å²) in [5.74, 6) is -5.77. The van der Waals surface area contributed by atoms with Gasteiger partial charge in [-0.2, -0.15) is 13.2 Å². The van der Waals surface area contributed by atoms with Crippen molar-refractivity contribution in [3.05, 3.63) is 63.2 Å². The van der Waals surface area contributed by atoms with Crippen LogP contribution in [-0.4, -0.2) is 88.6 Å². The highest BCUT2D eigenvalue weighted by Crippen LogP contribution is 2.51. The second kappa shape index (κ2) is 12.3. The minimum Gasteiger partial charge on any atom is -0.496 e. The van der Waals surface area contributed by atoms with Gasteiger partial charge in [0.05, 0.1) is 37.4 Å². The third-order valence-electron chi connectivity index (χ3n) is 7.89. The Morgan fingerprint density at radius 1 is 1.11 bits per heavy atom. The molecule has 240 valence electrons. The Hall–Kier alpha value is -3.83. The number of rotatable bonds is 9. The van der Waals surface area contributed by atoms with Gasteiger partial charge in [-0.15, -0.1) is 0 Å². The number of alkyl halides is 3. The zero-order valence-electron chi connectivity index (χ0n) is 23.8. The van der Waals surface area contributed by atoms with Crippen LogP contribution in [0.3, 0.4) is 0 Å². The van der Waals surface area contributed by atoms with Crippen LogP contribution in [0.15, 0.2) is 36.4 Å². The van der Waals surface area contributed by atoms with Gasteiger partial charge in [0.15, 0.2) is 17.2 Å². The molecule has 6 atom stereocenters. The van der Waals surface area contributed by atoms with E-state index in [1.165, 1.54) is 20.3 Å². The monoisotopic (exact) mass is 628 g/mol. The highest BCUT2D eigenvalue weighted by Gasteiger charge is 2.62. The van der Waals surface area contributed by atoms with E-state index in [1.807, 2.05) is 0 Å². The van der Waals surface area contributed by atoms with Gasteiger partial charge in [-0.1, -0.05) is 0 Å². The zero-order chi connectivity index (χ0) is 32.6. The third-order valence-corrected chi connectivity index (χ3v) is 7.89. The summed E-state index contributed by atoms with van der Waals surface area (Å²) in [4.78, 5) is 36.1. The van der Waals surface area contributed by atoms with Gasteiger partial charge in [0.2, 0.25) is 0 Å². The molecule has 0 unspecified atom stereocenters. The Labute approximate surface area is 248 Å². The predicted molar refractivity (Wildman–Crippen MR) is 143 cm³/mol. The van der Waals surface area contributed by atoms with Crippen LogP contribution in [0.2, 0.25) is 0 Å². The standard InChI is InChI=1S/C28H31F3N2O11/c1-14-27(38,23(35)15-4-6-16(7-5-15)33(39)40)21(32-25(36)28(29,30)31)13-26(37,44-14)24-22-18(12-17(43-24)10-11-34)19(41-2)8-9-20(22)42-3/h4-9,14,17,21,24,34,37-38H,10-13H2,1-3H3,(H,32,36)/t14-,17-,21+,24-,26+,27+/m1/s1. The van der Waals surface area contributed by atoms with Gasteiger partial charge in [0, 0.05) is 48.3 Å². The number of halogens is 3. The van der Waals surface area contributed by atoms with Crippen molar-refractivity contribution in [1.82, 2.24) is 5.32 Å². The number of benzene rings is 2. The van der Waals surface area contributed by atoms with E-state index in [1.54, 1.807) is 11.4 Å². The first-order chi connectivity index (χ1) is 20.6. The number of ketones is 1. The molecule has 0 bridgehead atoms. The second-order valence-electron chi connectivity index (χ2n) is 10.5. The number of ether oxygens (including phenoxy) is 4. The smallest absolute Gasteiger partial charge is 0.471 e. The number of Topliss-reactive ketones (excluding diaryl/α,β-unsaturated/α-hetero) is 1. The number of aliphatic hydroxyl groups is 3. The average molecular weight is 629 g/mol. The summed E-state index contributed by atoms with van der Waals surface area (Å²) in [6, 6.07) is 4.88. The molecule has 0 saturated carbocycles. The molecule has 4 rings (SSSR count). The zero-order valence-corrected chi connectivity index (χ0v) is 23.8. The van der Waals surface area contributed by atoms with Crippen molar-refractivity contribution in [2.75, 3.05) is 20.8 Å². The number of hydrogen-bond donors (Lipinski definition) is 4. The van der Waals surface area contributed by atoms with Crippen LogP contribution in [0.5, 0.6) is 11.5 Å². The van der Waals surface area contributed by atoms with Crippen LogP contribution in [-0.2, 0) is 20.7 Å². The molecule has 2 heterocycles. The maximum atomic E-state index is 13.7. The number of methoxy groups -OCH3 is 2. The van der Waals surface area contributed by atoms with Gasteiger partial charge in [0.1, 0.15) is 17.6 Å². The Kier molecular flexibility index (Phi) is 9.23. The number of nitro groups is 1. The molecule has 0 aliphatic carbocycles. The Bertz CT molecular complexity index is 1420. The lowest BCUT2D eigenvalue weighted by molar-refractivity contribution is -0.384. The quantitative estimate of drug-likeness (QED) is 0.181. The lowest BCUT2D eigenvalue weighted by atomic mass is 9.74. The summed E-state index contributed by atoms with van der Waals surface area (Å²) in [5.41, 5.74) is -2.93. The van der Waals surface area contributed by atoms with Crippen molar-refractivity contribution in [2.24, 2.45) is 0 Å². The van der Waals surface area contributed by atoms with Crippen LogP contribution < -0.4 is 14.8 Å². The molecule has 1 fully saturated rings. The van der Waals surface area contributed by atoms with Crippen molar-refractivity contribution in [1.29, 1.82) is 0 Å². The van der Waals surface area contributed by atoms with Crippen molar-refractivity contribution in [2.45, 2.75) is 68.1 Å². The van der Waals surface area contributed by atoms with Crippen LogP contribution in [0.4, 0.5) is 18.9 Å². The highest BCUT2D eigenvalue weighted by atomic mass is 19.4. The Morgan fingerprint density at radius 2 is 1.73 bits per heavy atom. The van der Waals surface area contributed by atoms with Gasteiger partial charge in [-0.05, 0) is 37.6 Å². The van der Waals surface area contributed by atoms with Crippen LogP contribution >= 0.6 is 0 Å². The predicted octanol–water partition coefficient (Wildman–Crippen LogP) is 2.14. The van der Waals surface area contributed by atoms with Crippen LogP contribution in [0.1, 0.15) is 47.4 Å². The van der Waals surface area contributed by atoms with E-state index in [4.69, 9.17) is 18.9 Å². The molecule has 2 aliphatic rings. The summed E-state index contributed by atoms with van der Waals surface area (Å²) in [5, 5.41) is 46.0. The average Bonchev–Trinajstić information content (AvgIpc) is 2.98. The molecule has 0 spiro atoms. The Morgan fingerprint density at radius 3 is 2.27 bits per heavy atom. The number of carbonyl (C=O) groups excluding carboxylic acids is 2. The molecule has 0 aromatic heterocycles. The van der Waals surface area contributed by atoms with Gasteiger partial charge in [0.25, 0.3) is 5.69 Å². The summed E-state index contributed by atoms with van der Waals surface area (Å²) in [6.07, 6.45) is -10.2. The molecule has 1 amide bonds. The molecule has 2 aromatic carbocycles. The fourth-order valence-electron chi connectivity index (χ4n) is 5.73. The maximum Gasteiger partial charge on any atom is 0.471 e. The molecule has 4 N–H and O–H groups in total. The molecule has 2 aliphatic heterocycles. The van der Waals surface area contributed by atoms with E-state index < -0.39 is 70.6 Å². The fraction of sp³-hybridized carbons (Fsp3) is 0.500. The summed E-state index contributed by atoms with van der Waals surface area (Å²) >= 11 is 0. The number of non-ortho nitro benzene ring substituents is 1. The largest absolute Gasteiger partial charge is 0.496 e. The number of fused-ring (bicyclic) bond motifs is 1. The van der Waals surface area contributed by atoms with E-state index in [0.29, 0.717) is 11.3 Å². The van der Waals surface area contributed by atoms with Crippen LogP contribution in [0.25, 0.3) is 0 Å². The van der Waals surface area contributed by atoms with Crippen molar-refractivity contribution in [3.63, 3.8) is 0 Å². The molecule has 13 nitrogen and oxygen atoms in total. The molecular weight excluding hydrogens is 597 g/mol. The highest BCUT2D eigenvalue weighted by molar-refractivity contribution is 6.04. The number of nitrogens with zero attached hydrogens (tertiary/aromatic N) is 1. The summed E-state index contributed by atoms with van der Waals surface area (Å²) in [7, 11) is 2.73. The molecule has 0 radical (unpaired) electrons. The molecular formula is C28H31F3N2O11. The number of carbonyl (C=O) groups is 2. The van der Waals surface area contributed by atoms with Gasteiger partial charge in [-0.3, -0.25) is 19.7 Å². The fourth-order valence-corrected chi connectivity index (χ4v) is 5.73. The lowest BCUT2D eigenvalue weighted by Gasteiger charge is -2.52. The van der Waals surface area contributed by atoms with Crippen LogP contribution in [0, 0.1) is 10.1 Å². The van der Waals surface area contributed by atoms with Gasteiger partial charge >= 0.3 is 12.1 Å². The minimum absolute atomic E-state index is 0.0821. The molecule has 1 saturated heterocycles. The van der Waals surface area contributed by atoms with Crippen molar-refractivity contribution >= 4 is 17.4 Å². The van der Waals surface area contributed by atoms with E-state index in [-0.39, 0.29) is 36.3 Å². The number of amides is 1. The van der Waals surface area contributed by atoms with E-state index >= 15 is 0 Å². The number of aliphatic hydroxyl groups excluding tert-OH is 1. The van der Waals surface area contributed by atoms with E-state index in [0.717, 1.165) is 31.2 Å². The number of nitrogens with one attached hydrogen (secondary N) is 1. The first-order valence-corrected chi connectivity index (χ1v) is 13.4. The van der Waals surface area contributed by atoms with Gasteiger partial charge < -0.3 is 39.6 Å². The topological polar surface area (TPSA) is 187 Å². The number of hydrogen-bond acceptors (Lipinski definition) is 11. The lowest BCUT2D eigenvalue weighted by Crippen LogP contribution is -2.72. The minimum atomic E-state index is -5.44. The normalized spacial score (nSPS) is 28.5. The van der Waals surface area contributed by atoms with Crippen molar-refractivity contribution in [3.8, 4) is 11.5 Å². The third kappa shape index (κ3) is 5.95. The summed E-state index contributed by atoms with van der Waals surface area (Å²) in [6.45, 7) is 0.792. The first-order valence-electron chi connectivity index (χ1n) is 13.4. The Balaban J connectivity index is 1.83. The van der Waals surface area contributed by atoms with E-state index in [9.17, 15) is 48.2 Å². The molecule has 2 aromatic rings. The van der Waals surface area contributed by atoms with Crippen molar-refractivity contribution < 1.29 is 62.0 Å². The molecule has 16 heteroatoms.